The molecule has 0 radical (unpaired) electrons. The van der Waals surface area contributed by atoms with E-state index in [1.54, 1.807) is 0 Å². The molecule has 0 aliphatic heterocycles. The van der Waals surface area contributed by atoms with Gasteiger partial charge in [-0.1, -0.05) is 32.4 Å². The maximum absolute atomic E-state index is 5.53. The minimum atomic E-state index is 0.224. The number of hydrogen-bond acceptors (Lipinski definition) is 1. The molecule has 0 aliphatic carbocycles. The summed E-state index contributed by atoms with van der Waals surface area (Å²) in [6.07, 6.45) is 0.952. The fraction of sp³-hybridized carbons (Fsp3) is 0.750. The monoisotopic (exact) mass is 157 g/mol. The summed E-state index contributed by atoms with van der Waals surface area (Å²) >= 11 is 0. The lowest BCUT2D eigenvalue weighted by Gasteiger charge is -2.17. The summed E-state index contributed by atoms with van der Waals surface area (Å²) in [6, 6.07) is 0. The van der Waals surface area contributed by atoms with Gasteiger partial charge in [0.1, 0.15) is 0 Å². The molecule has 0 aromatic rings. The van der Waals surface area contributed by atoms with Gasteiger partial charge in [-0.3, -0.25) is 0 Å². The maximum atomic E-state index is 5.53. The summed E-state index contributed by atoms with van der Waals surface area (Å²) in [4.78, 5) is 0. The molecule has 0 aromatic heterocycles. The van der Waals surface area contributed by atoms with Crippen LogP contribution in [-0.4, -0.2) is 11.7 Å². The average Bonchev–Trinajstić information content (AvgIpc) is 1.89. The first-order chi connectivity index (χ1) is 4.62. The van der Waals surface area contributed by atoms with Crippen LogP contribution in [0.5, 0.6) is 0 Å². The smallest absolute Gasteiger partial charge is 0.00636 e. The van der Waals surface area contributed by atoms with E-state index >= 15 is 0 Å². The zero-order valence-electron chi connectivity index (χ0n) is 6.99. The molecule has 1 atom stereocenters. The molecule has 0 aromatic carbocycles. The van der Waals surface area contributed by atoms with Crippen LogP contribution in [0.1, 0.15) is 27.2 Å². The predicted molar refractivity (Wildman–Crippen MR) is 49.5 cm³/mol. The Morgan fingerprint density at radius 1 is 1.50 bits per heavy atom. The Kier molecular flexibility index (Phi) is 4.69. The zero-order valence-corrected chi connectivity index (χ0v) is 7.99. The van der Waals surface area contributed by atoms with Crippen LogP contribution < -0.4 is 5.73 Å². The van der Waals surface area contributed by atoms with Crippen molar-refractivity contribution in [1.82, 2.24) is 0 Å². The minimum Gasteiger partial charge on any atom is -0.330 e. The Bertz CT molecular complexity index is 141. The quantitative estimate of drug-likeness (QED) is 0.480. The van der Waals surface area contributed by atoms with Crippen LogP contribution in [0.25, 0.3) is 0 Å². The molecular formula is C8H16NP. The third kappa shape index (κ3) is 4.79. The van der Waals surface area contributed by atoms with Crippen molar-refractivity contribution in [3.8, 4) is 11.6 Å². The highest BCUT2D eigenvalue weighted by atomic mass is 31.1. The van der Waals surface area contributed by atoms with Gasteiger partial charge in [-0.15, -0.1) is 0 Å². The fourth-order valence-corrected chi connectivity index (χ4v) is 1.06. The van der Waals surface area contributed by atoms with E-state index in [0.29, 0.717) is 8.58 Å². The van der Waals surface area contributed by atoms with Crippen LogP contribution in [0, 0.1) is 11.6 Å². The summed E-state index contributed by atoms with van der Waals surface area (Å²) in [7, 11) is 0.680. The zero-order chi connectivity index (χ0) is 8.04. The van der Waals surface area contributed by atoms with Crippen molar-refractivity contribution in [1.29, 1.82) is 0 Å². The Hall–Kier alpha value is -0.0500. The van der Waals surface area contributed by atoms with Crippen molar-refractivity contribution in [2.24, 2.45) is 5.73 Å². The molecule has 1 unspecified atom stereocenters. The second-order valence-electron chi connectivity index (χ2n) is 2.87. The van der Waals surface area contributed by atoms with E-state index in [1.165, 1.54) is 0 Å². The molecule has 0 bridgehead atoms. The molecule has 2 N–H and O–H groups in total. The summed E-state index contributed by atoms with van der Waals surface area (Å²) in [5.41, 5.74) is 8.65. The lowest BCUT2D eigenvalue weighted by atomic mass is 10.2. The lowest BCUT2D eigenvalue weighted by Crippen LogP contribution is -2.24. The Morgan fingerprint density at radius 2 is 2.10 bits per heavy atom. The van der Waals surface area contributed by atoms with Gasteiger partial charge in [-0.25, -0.2) is 0 Å². The number of hydrogen-bond donors (Lipinski definition) is 1. The molecule has 0 heterocycles. The van der Waals surface area contributed by atoms with E-state index < -0.39 is 0 Å². The van der Waals surface area contributed by atoms with Gasteiger partial charge in [0.2, 0.25) is 0 Å². The third-order valence-corrected chi connectivity index (χ3v) is 2.36. The highest BCUT2D eigenvalue weighted by Gasteiger charge is 2.12. The van der Waals surface area contributed by atoms with Crippen molar-refractivity contribution in [2.45, 2.75) is 32.3 Å². The van der Waals surface area contributed by atoms with E-state index in [-0.39, 0.29) is 5.16 Å². The molecule has 0 aliphatic rings. The topological polar surface area (TPSA) is 26.0 Å². The van der Waals surface area contributed by atoms with Crippen molar-refractivity contribution in [3.05, 3.63) is 0 Å². The normalized spacial score (nSPS) is 11.6. The third-order valence-electron chi connectivity index (χ3n) is 1.18. The van der Waals surface area contributed by atoms with Gasteiger partial charge >= 0.3 is 0 Å². The molecule has 58 valence electrons. The molecule has 2 heteroatoms. The Labute approximate surface area is 65.5 Å². The Morgan fingerprint density at radius 3 is 2.50 bits per heavy atom. The van der Waals surface area contributed by atoms with Crippen LogP contribution in [0.2, 0.25) is 0 Å². The maximum Gasteiger partial charge on any atom is 0.00636 e. The molecule has 0 saturated carbocycles. The standard InChI is InChI=1S/C8H16NP/c1-4-5-6-10-8(2,3)7-9/h10H,4,7,9H2,1-3H3. The molecule has 0 rings (SSSR count). The lowest BCUT2D eigenvalue weighted by molar-refractivity contribution is 0.720. The molecule has 0 amide bonds. The molecule has 1 nitrogen and oxygen atoms in total. The van der Waals surface area contributed by atoms with Crippen molar-refractivity contribution in [3.63, 3.8) is 0 Å². The van der Waals surface area contributed by atoms with Crippen LogP contribution in [0.4, 0.5) is 0 Å². The summed E-state index contributed by atoms with van der Waals surface area (Å²) in [6.45, 7) is 7.09. The van der Waals surface area contributed by atoms with Gasteiger partial charge in [0.05, 0.1) is 0 Å². The van der Waals surface area contributed by atoms with Crippen molar-refractivity contribution in [2.75, 3.05) is 6.54 Å². The highest BCUT2D eigenvalue weighted by Crippen LogP contribution is 2.28. The largest absolute Gasteiger partial charge is 0.330 e. The van der Waals surface area contributed by atoms with Crippen molar-refractivity contribution >= 4 is 8.58 Å². The SMILES string of the molecule is CCC#CPC(C)(C)CN. The second-order valence-corrected chi connectivity index (χ2v) is 4.72. The van der Waals surface area contributed by atoms with E-state index in [1.807, 2.05) is 0 Å². The number of nitrogens with two attached hydrogens (primary N) is 1. The average molecular weight is 157 g/mol. The Balaban J connectivity index is 3.66. The second kappa shape index (κ2) is 4.72. The van der Waals surface area contributed by atoms with Gasteiger partial charge in [0.15, 0.2) is 0 Å². The minimum absolute atomic E-state index is 0.224. The van der Waals surface area contributed by atoms with Gasteiger partial charge in [-0.05, 0) is 8.58 Å². The van der Waals surface area contributed by atoms with Crippen LogP contribution in [0.15, 0.2) is 0 Å². The van der Waals surface area contributed by atoms with Crippen LogP contribution in [0.3, 0.4) is 0 Å². The molecule has 0 fully saturated rings. The van der Waals surface area contributed by atoms with E-state index in [4.69, 9.17) is 5.73 Å². The summed E-state index contributed by atoms with van der Waals surface area (Å²) < 4.78 is 0. The molecule has 10 heavy (non-hydrogen) atoms. The molecule has 0 spiro atoms. The van der Waals surface area contributed by atoms with Gasteiger partial charge < -0.3 is 5.73 Å². The summed E-state index contributed by atoms with van der Waals surface area (Å²) in [5.74, 6) is 3.05. The first-order valence-electron chi connectivity index (χ1n) is 3.57. The van der Waals surface area contributed by atoms with E-state index in [2.05, 4.69) is 32.4 Å². The van der Waals surface area contributed by atoms with Crippen LogP contribution >= 0.6 is 8.58 Å². The summed E-state index contributed by atoms with van der Waals surface area (Å²) in [5, 5.41) is 0.224. The molecule has 0 saturated heterocycles. The number of rotatable bonds is 2. The predicted octanol–water partition coefficient (Wildman–Crippen LogP) is 1.77. The first-order valence-corrected chi connectivity index (χ1v) is 4.57. The first kappa shape index (κ1) is 9.95. The van der Waals surface area contributed by atoms with Gasteiger partial charge in [0.25, 0.3) is 0 Å². The van der Waals surface area contributed by atoms with Crippen LogP contribution in [-0.2, 0) is 0 Å². The molecular weight excluding hydrogens is 141 g/mol. The van der Waals surface area contributed by atoms with Crippen molar-refractivity contribution < 1.29 is 0 Å². The highest BCUT2D eigenvalue weighted by molar-refractivity contribution is 7.45. The fourth-order valence-electron chi connectivity index (χ4n) is 0.353. The van der Waals surface area contributed by atoms with Gasteiger partial charge in [0, 0.05) is 18.1 Å². The van der Waals surface area contributed by atoms with Gasteiger partial charge in [-0.2, -0.15) is 0 Å². The van der Waals surface area contributed by atoms with E-state index in [9.17, 15) is 0 Å². The van der Waals surface area contributed by atoms with E-state index in [0.717, 1.165) is 13.0 Å².